The number of carbonyl (C=O) groups is 1. The molecule has 0 bridgehead atoms. The van der Waals surface area contributed by atoms with Gasteiger partial charge in [-0.2, -0.15) is 0 Å². The molecule has 1 amide bonds. The molecule has 104 valence electrons. The van der Waals surface area contributed by atoms with Crippen LogP contribution in [0, 0.1) is 0 Å². The molecular weight excluding hydrogens is 254 g/mol. The molecule has 0 aliphatic heterocycles. The highest BCUT2D eigenvalue weighted by Crippen LogP contribution is 2.21. The van der Waals surface area contributed by atoms with Crippen molar-refractivity contribution in [3.63, 3.8) is 0 Å². The maximum atomic E-state index is 12.0. The summed E-state index contributed by atoms with van der Waals surface area (Å²) in [5, 5.41) is 2.82. The minimum atomic E-state index is -0.229. The first kappa shape index (κ1) is 12.8. The summed E-state index contributed by atoms with van der Waals surface area (Å²) in [4.78, 5) is 20.5. The Kier molecular flexibility index (Phi) is 3.23. The summed E-state index contributed by atoms with van der Waals surface area (Å²) in [6.45, 7) is 0. The molecule has 3 N–H and O–H groups in total. The van der Waals surface area contributed by atoms with Crippen molar-refractivity contribution in [3.05, 3.63) is 41.7 Å². The Bertz CT molecular complexity index is 649. The summed E-state index contributed by atoms with van der Waals surface area (Å²) in [5.41, 5.74) is 9.26. The maximum absolute atomic E-state index is 12.0. The lowest BCUT2D eigenvalue weighted by atomic mass is 9.92. The molecule has 0 saturated carbocycles. The molecule has 2 aromatic rings. The van der Waals surface area contributed by atoms with Crippen LogP contribution in [0.4, 0.5) is 5.69 Å². The number of hydrogen-bond donors (Lipinski definition) is 2. The quantitative estimate of drug-likeness (QED) is 0.849. The van der Waals surface area contributed by atoms with E-state index < -0.39 is 0 Å². The number of nitrogens with zero attached hydrogens (tertiary/aromatic N) is 3. The minimum Gasteiger partial charge on any atom is -0.340 e. The van der Waals surface area contributed by atoms with E-state index in [4.69, 9.17) is 5.73 Å². The van der Waals surface area contributed by atoms with Crippen LogP contribution in [0.25, 0.3) is 0 Å². The first-order valence-electron chi connectivity index (χ1n) is 6.64. The van der Waals surface area contributed by atoms with Gasteiger partial charge in [0.25, 0.3) is 5.91 Å². The number of aromatic nitrogens is 3. The standard InChI is InChI=1S/C14H17N5O/c1-19-7-13(17-8-19)14(20)18-11-5-9-4-10(15)2-3-12(9)16-6-11/h5-8,10H,2-4,15H2,1H3,(H,18,20)/t10-/m1/s1. The summed E-state index contributed by atoms with van der Waals surface area (Å²) in [6.07, 6.45) is 7.66. The van der Waals surface area contributed by atoms with E-state index in [1.165, 1.54) is 0 Å². The first-order valence-corrected chi connectivity index (χ1v) is 6.64. The summed E-state index contributed by atoms with van der Waals surface area (Å²) in [5.74, 6) is -0.229. The summed E-state index contributed by atoms with van der Waals surface area (Å²) >= 11 is 0. The molecule has 1 aliphatic rings. The van der Waals surface area contributed by atoms with Gasteiger partial charge in [-0.05, 0) is 30.9 Å². The van der Waals surface area contributed by atoms with Crippen LogP contribution in [0.15, 0.2) is 24.8 Å². The zero-order chi connectivity index (χ0) is 14.1. The first-order chi connectivity index (χ1) is 9.61. The number of fused-ring (bicyclic) bond motifs is 1. The van der Waals surface area contributed by atoms with Crippen molar-refractivity contribution in [2.45, 2.75) is 25.3 Å². The van der Waals surface area contributed by atoms with Gasteiger partial charge in [-0.1, -0.05) is 0 Å². The van der Waals surface area contributed by atoms with Crippen molar-refractivity contribution in [1.29, 1.82) is 0 Å². The normalized spacial score (nSPS) is 17.6. The van der Waals surface area contributed by atoms with E-state index in [-0.39, 0.29) is 11.9 Å². The summed E-state index contributed by atoms with van der Waals surface area (Å²) in [6, 6.07) is 2.15. The second-order valence-corrected chi connectivity index (χ2v) is 5.21. The van der Waals surface area contributed by atoms with Gasteiger partial charge in [-0.25, -0.2) is 4.98 Å². The van der Waals surface area contributed by atoms with Crippen molar-refractivity contribution >= 4 is 11.6 Å². The molecule has 0 saturated heterocycles. The van der Waals surface area contributed by atoms with E-state index in [9.17, 15) is 4.79 Å². The zero-order valence-electron chi connectivity index (χ0n) is 11.3. The molecular formula is C14H17N5O. The highest BCUT2D eigenvalue weighted by atomic mass is 16.1. The highest BCUT2D eigenvalue weighted by Gasteiger charge is 2.17. The number of aryl methyl sites for hydroxylation is 2. The molecule has 20 heavy (non-hydrogen) atoms. The maximum Gasteiger partial charge on any atom is 0.275 e. The van der Waals surface area contributed by atoms with Crippen molar-refractivity contribution in [2.24, 2.45) is 12.8 Å². The zero-order valence-corrected chi connectivity index (χ0v) is 11.3. The van der Waals surface area contributed by atoms with Crippen LogP contribution in [0.5, 0.6) is 0 Å². The number of rotatable bonds is 2. The average Bonchev–Trinajstić information content (AvgIpc) is 2.85. The van der Waals surface area contributed by atoms with Gasteiger partial charge in [0.05, 0.1) is 18.2 Å². The smallest absolute Gasteiger partial charge is 0.275 e. The molecule has 0 unspecified atom stereocenters. The SMILES string of the molecule is Cn1cnc(C(=O)Nc2cnc3c(c2)C[C@H](N)CC3)c1. The number of pyridine rings is 1. The lowest BCUT2D eigenvalue weighted by Gasteiger charge is -2.20. The minimum absolute atomic E-state index is 0.186. The van der Waals surface area contributed by atoms with Crippen molar-refractivity contribution in [1.82, 2.24) is 14.5 Å². The number of imidazole rings is 1. The largest absolute Gasteiger partial charge is 0.340 e. The van der Waals surface area contributed by atoms with Gasteiger partial charge in [0.2, 0.25) is 0 Å². The van der Waals surface area contributed by atoms with E-state index in [1.807, 2.05) is 13.1 Å². The third kappa shape index (κ3) is 2.55. The van der Waals surface area contributed by atoms with Crippen molar-refractivity contribution < 1.29 is 4.79 Å². The molecule has 1 atom stereocenters. The van der Waals surface area contributed by atoms with Crippen molar-refractivity contribution in [3.8, 4) is 0 Å². The van der Waals surface area contributed by atoms with Crippen LogP contribution in [0.1, 0.15) is 28.2 Å². The van der Waals surface area contributed by atoms with Gasteiger partial charge >= 0.3 is 0 Å². The third-order valence-electron chi connectivity index (χ3n) is 3.49. The van der Waals surface area contributed by atoms with Crippen LogP contribution in [0.3, 0.4) is 0 Å². The molecule has 2 heterocycles. The topological polar surface area (TPSA) is 85.8 Å². The van der Waals surface area contributed by atoms with E-state index in [0.29, 0.717) is 11.4 Å². The fourth-order valence-electron chi connectivity index (χ4n) is 2.44. The fraction of sp³-hybridized carbons (Fsp3) is 0.357. The van der Waals surface area contributed by atoms with Crippen molar-refractivity contribution in [2.75, 3.05) is 5.32 Å². The Morgan fingerprint density at radius 1 is 1.50 bits per heavy atom. The van der Waals surface area contributed by atoms with Crippen LogP contribution in [0.2, 0.25) is 0 Å². The average molecular weight is 271 g/mol. The molecule has 0 aromatic carbocycles. The van der Waals surface area contributed by atoms with E-state index in [0.717, 1.165) is 30.5 Å². The lowest BCUT2D eigenvalue weighted by molar-refractivity contribution is 0.102. The number of nitrogens with one attached hydrogen (secondary N) is 1. The van der Waals surface area contributed by atoms with E-state index >= 15 is 0 Å². The molecule has 6 heteroatoms. The van der Waals surface area contributed by atoms with Gasteiger partial charge in [-0.3, -0.25) is 9.78 Å². The monoisotopic (exact) mass is 271 g/mol. The third-order valence-corrected chi connectivity index (χ3v) is 3.49. The van der Waals surface area contributed by atoms with E-state index in [2.05, 4.69) is 15.3 Å². The fourth-order valence-corrected chi connectivity index (χ4v) is 2.44. The molecule has 0 spiro atoms. The Hall–Kier alpha value is -2.21. The second kappa shape index (κ2) is 5.05. The van der Waals surface area contributed by atoms with Gasteiger partial charge < -0.3 is 15.6 Å². The van der Waals surface area contributed by atoms with Crippen LogP contribution in [-0.2, 0) is 19.9 Å². The summed E-state index contributed by atoms with van der Waals surface area (Å²) < 4.78 is 1.74. The molecule has 0 radical (unpaired) electrons. The molecule has 1 aliphatic carbocycles. The highest BCUT2D eigenvalue weighted by molar-refractivity contribution is 6.02. The van der Waals surface area contributed by atoms with Crippen LogP contribution in [-0.4, -0.2) is 26.5 Å². The Morgan fingerprint density at radius 2 is 2.35 bits per heavy atom. The van der Waals surface area contributed by atoms with E-state index in [1.54, 1.807) is 23.3 Å². The number of nitrogens with two attached hydrogens (primary N) is 1. The van der Waals surface area contributed by atoms with Crippen LogP contribution < -0.4 is 11.1 Å². The Labute approximate surface area is 117 Å². The molecule has 6 nitrogen and oxygen atoms in total. The molecule has 0 fully saturated rings. The number of hydrogen-bond acceptors (Lipinski definition) is 4. The molecule has 3 rings (SSSR count). The predicted octanol–water partition coefficient (Wildman–Crippen LogP) is 0.883. The molecule has 2 aromatic heterocycles. The van der Waals surface area contributed by atoms with Gasteiger partial charge in [0.1, 0.15) is 5.69 Å². The predicted molar refractivity (Wildman–Crippen MR) is 75.4 cm³/mol. The Morgan fingerprint density at radius 3 is 3.10 bits per heavy atom. The van der Waals surface area contributed by atoms with Gasteiger partial charge in [0, 0.05) is 25.0 Å². The van der Waals surface area contributed by atoms with Gasteiger partial charge in [0.15, 0.2) is 0 Å². The number of anilines is 1. The second-order valence-electron chi connectivity index (χ2n) is 5.21. The number of amides is 1. The lowest BCUT2D eigenvalue weighted by Crippen LogP contribution is -2.28. The number of carbonyl (C=O) groups excluding carboxylic acids is 1. The van der Waals surface area contributed by atoms with Crippen LogP contribution >= 0.6 is 0 Å². The van der Waals surface area contributed by atoms with Gasteiger partial charge in [-0.15, -0.1) is 0 Å². The Balaban J connectivity index is 1.78. The summed E-state index contributed by atoms with van der Waals surface area (Å²) in [7, 11) is 1.83.